The van der Waals surface area contributed by atoms with Crippen LogP contribution in [0.25, 0.3) is 0 Å². The van der Waals surface area contributed by atoms with Gasteiger partial charge in [0.1, 0.15) is 5.75 Å². The first kappa shape index (κ1) is 13.8. The molecule has 2 aromatic rings. The van der Waals surface area contributed by atoms with Gasteiger partial charge in [-0.05, 0) is 30.3 Å². The van der Waals surface area contributed by atoms with E-state index in [-0.39, 0.29) is 10.8 Å². The van der Waals surface area contributed by atoms with Crippen LogP contribution in [-0.4, -0.2) is 11.5 Å². The van der Waals surface area contributed by atoms with Crippen molar-refractivity contribution in [3.63, 3.8) is 0 Å². The van der Waals surface area contributed by atoms with Gasteiger partial charge < -0.3 is 10.1 Å². The van der Waals surface area contributed by atoms with Crippen molar-refractivity contribution in [3.8, 4) is 11.5 Å². The first-order valence-corrected chi connectivity index (χ1v) is 6.35. The van der Waals surface area contributed by atoms with Gasteiger partial charge in [0.2, 0.25) is 0 Å². The van der Waals surface area contributed by atoms with Gasteiger partial charge in [-0.15, -0.1) is 0 Å². The van der Waals surface area contributed by atoms with E-state index in [4.69, 9.17) is 16.3 Å². The van der Waals surface area contributed by atoms with Crippen LogP contribution in [0.5, 0.6) is 11.5 Å². The fourth-order valence-corrected chi connectivity index (χ4v) is 1.74. The smallest absolute Gasteiger partial charge is 0.184 e. The third kappa shape index (κ3) is 3.66. The predicted molar refractivity (Wildman–Crippen MR) is 73.1 cm³/mol. The van der Waals surface area contributed by atoms with Gasteiger partial charge in [0.25, 0.3) is 0 Å². The van der Waals surface area contributed by atoms with Crippen LogP contribution in [0.3, 0.4) is 0 Å². The molecule has 1 N–H and O–H groups in total. The van der Waals surface area contributed by atoms with Crippen LogP contribution >= 0.6 is 11.6 Å². The van der Waals surface area contributed by atoms with Crippen molar-refractivity contribution in [1.29, 1.82) is 0 Å². The van der Waals surface area contributed by atoms with Crippen LogP contribution in [0.2, 0.25) is 5.02 Å². The lowest BCUT2D eigenvalue weighted by atomic mass is 10.2. The number of ether oxygens (including phenoxy) is 1. The number of aromatic nitrogens is 1. The number of nitrogens with one attached hydrogen (secondary N) is 1. The number of rotatable bonds is 5. The number of halogens is 2. The molecule has 0 aliphatic carbocycles. The normalized spacial score (nSPS) is 10.5. The summed E-state index contributed by atoms with van der Waals surface area (Å²) in [7, 11) is 0. The first-order valence-electron chi connectivity index (χ1n) is 5.97. The Bertz CT molecular complexity index is 563. The summed E-state index contributed by atoms with van der Waals surface area (Å²) in [6.07, 6.45) is 3.28. The molecule has 0 saturated carbocycles. The monoisotopic (exact) mass is 280 g/mol. The van der Waals surface area contributed by atoms with Crippen LogP contribution in [0.4, 0.5) is 4.39 Å². The molecule has 100 valence electrons. The maximum absolute atomic E-state index is 13.7. The number of nitrogens with zero attached hydrogens (tertiary/aromatic N) is 1. The van der Waals surface area contributed by atoms with Crippen LogP contribution in [-0.2, 0) is 6.54 Å². The Labute approximate surface area is 116 Å². The summed E-state index contributed by atoms with van der Waals surface area (Å²) >= 11 is 5.70. The molecule has 0 aliphatic rings. The lowest BCUT2D eigenvalue weighted by molar-refractivity contribution is 0.440. The summed E-state index contributed by atoms with van der Waals surface area (Å²) in [5.41, 5.74) is 0.974. The highest BCUT2D eigenvalue weighted by Gasteiger charge is 2.08. The average molecular weight is 281 g/mol. The third-order valence-electron chi connectivity index (χ3n) is 2.49. The fraction of sp³-hybridized carbons (Fsp3) is 0.214. The van der Waals surface area contributed by atoms with E-state index in [0.717, 1.165) is 12.1 Å². The van der Waals surface area contributed by atoms with Crippen LogP contribution in [0, 0.1) is 5.82 Å². The highest BCUT2D eigenvalue weighted by Crippen LogP contribution is 2.28. The van der Waals surface area contributed by atoms with E-state index in [9.17, 15) is 4.39 Å². The zero-order valence-electron chi connectivity index (χ0n) is 10.5. The molecule has 0 unspecified atom stereocenters. The Morgan fingerprint density at radius 1 is 1.37 bits per heavy atom. The molecule has 0 amide bonds. The van der Waals surface area contributed by atoms with Crippen molar-refractivity contribution < 1.29 is 9.13 Å². The average Bonchev–Trinajstić information content (AvgIpc) is 2.42. The number of hydrogen-bond donors (Lipinski definition) is 1. The van der Waals surface area contributed by atoms with Gasteiger partial charge in [-0.3, -0.25) is 4.98 Å². The topological polar surface area (TPSA) is 34.2 Å². The van der Waals surface area contributed by atoms with Gasteiger partial charge in [0.05, 0.1) is 11.2 Å². The van der Waals surface area contributed by atoms with E-state index in [2.05, 4.69) is 10.3 Å². The Hall–Kier alpha value is -1.65. The zero-order valence-corrected chi connectivity index (χ0v) is 11.2. The molecule has 3 nitrogen and oxygen atoms in total. The Morgan fingerprint density at radius 2 is 2.21 bits per heavy atom. The molecule has 19 heavy (non-hydrogen) atoms. The quantitative estimate of drug-likeness (QED) is 0.905. The second-order valence-electron chi connectivity index (χ2n) is 3.96. The lowest BCUT2D eigenvalue weighted by Crippen LogP contribution is -2.11. The SMILES string of the molecule is CCNCc1cncc(Oc2cccc(Cl)c2F)c1. The van der Waals surface area contributed by atoms with Crippen molar-refractivity contribution in [2.24, 2.45) is 0 Å². The standard InChI is InChI=1S/C14H14ClFN2O/c1-2-17-7-10-6-11(9-18-8-10)19-13-5-3-4-12(15)14(13)16/h3-6,8-9,17H,2,7H2,1H3. The minimum atomic E-state index is -0.568. The molecular formula is C14H14ClFN2O. The Kier molecular flexibility index (Phi) is 4.71. The number of hydrogen-bond acceptors (Lipinski definition) is 3. The van der Waals surface area contributed by atoms with E-state index in [1.165, 1.54) is 18.3 Å². The summed E-state index contributed by atoms with van der Waals surface area (Å²) in [6, 6.07) is 6.45. The third-order valence-corrected chi connectivity index (χ3v) is 2.78. The van der Waals surface area contributed by atoms with Gasteiger partial charge in [0.15, 0.2) is 11.6 Å². The molecule has 1 aromatic heterocycles. The fourth-order valence-electron chi connectivity index (χ4n) is 1.58. The molecule has 0 saturated heterocycles. The molecule has 5 heteroatoms. The molecule has 2 rings (SSSR count). The molecule has 0 fully saturated rings. The highest BCUT2D eigenvalue weighted by atomic mass is 35.5. The summed E-state index contributed by atoms with van der Waals surface area (Å²) in [5, 5.41) is 3.22. The molecule has 1 aromatic carbocycles. The summed E-state index contributed by atoms with van der Waals surface area (Å²) in [4.78, 5) is 4.07. The maximum atomic E-state index is 13.7. The molecule has 1 heterocycles. The van der Waals surface area contributed by atoms with Crippen LogP contribution < -0.4 is 10.1 Å². The van der Waals surface area contributed by atoms with E-state index >= 15 is 0 Å². The summed E-state index contributed by atoms with van der Waals surface area (Å²) in [6.45, 7) is 3.59. The van der Waals surface area contributed by atoms with Crippen molar-refractivity contribution in [1.82, 2.24) is 10.3 Å². The summed E-state index contributed by atoms with van der Waals surface area (Å²) in [5.74, 6) is 0.00715. The van der Waals surface area contributed by atoms with Gasteiger partial charge >= 0.3 is 0 Å². The predicted octanol–water partition coefficient (Wildman–Crippen LogP) is 3.78. The molecule has 0 atom stereocenters. The van der Waals surface area contributed by atoms with E-state index in [1.807, 2.05) is 13.0 Å². The van der Waals surface area contributed by atoms with Crippen molar-refractivity contribution in [2.45, 2.75) is 13.5 Å². The van der Waals surface area contributed by atoms with Crippen molar-refractivity contribution in [3.05, 3.63) is 53.1 Å². The Morgan fingerprint density at radius 3 is 3.00 bits per heavy atom. The summed E-state index contributed by atoms with van der Waals surface area (Å²) < 4.78 is 19.2. The molecule has 0 bridgehead atoms. The van der Waals surface area contributed by atoms with E-state index in [0.29, 0.717) is 12.3 Å². The number of pyridine rings is 1. The van der Waals surface area contributed by atoms with Gasteiger partial charge in [0, 0.05) is 12.7 Å². The largest absolute Gasteiger partial charge is 0.453 e. The van der Waals surface area contributed by atoms with Gasteiger partial charge in [-0.25, -0.2) is 4.39 Å². The maximum Gasteiger partial charge on any atom is 0.184 e. The Balaban J connectivity index is 2.16. The number of benzene rings is 1. The minimum absolute atomic E-state index is 0.0364. The van der Waals surface area contributed by atoms with Gasteiger partial charge in [-0.2, -0.15) is 0 Å². The van der Waals surface area contributed by atoms with Crippen molar-refractivity contribution >= 4 is 11.6 Å². The first-order chi connectivity index (χ1) is 9.20. The van der Waals surface area contributed by atoms with E-state index in [1.54, 1.807) is 12.3 Å². The molecule has 0 spiro atoms. The molecule has 0 aliphatic heterocycles. The second kappa shape index (κ2) is 6.50. The van der Waals surface area contributed by atoms with E-state index < -0.39 is 5.82 Å². The molecular weight excluding hydrogens is 267 g/mol. The zero-order chi connectivity index (χ0) is 13.7. The van der Waals surface area contributed by atoms with Crippen LogP contribution in [0.1, 0.15) is 12.5 Å². The minimum Gasteiger partial charge on any atom is -0.453 e. The van der Waals surface area contributed by atoms with Gasteiger partial charge in [-0.1, -0.05) is 24.6 Å². The lowest BCUT2D eigenvalue weighted by Gasteiger charge is -2.08. The molecule has 0 radical (unpaired) electrons. The van der Waals surface area contributed by atoms with Crippen LogP contribution in [0.15, 0.2) is 36.7 Å². The van der Waals surface area contributed by atoms with Crippen molar-refractivity contribution in [2.75, 3.05) is 6.54 Å². The highest BCUT2D eigenvalue weighted by molar-refractivity contribution is 6.30. The second-order valence-corrected chi connectivity index (χ2v) is 4.37.